The summed E-state index contributed by atoms with van der Waals surface area (Å²) in [6, 6.07) is 5.57. The van der Waals surface area contributed by atoms with Crippen molar-refractivity contribution in [3.05, 3.63) is 35.6 Å². The van der Waals surface area contributed by atoms with E-state index in [0.29, 0.717) is 17.7 Å². The molecule has 0 saturated carbocycles. The van der Waals surface area contributed by atoms with Crippen LogP contribution < -0.4 is 0 Å². The van der Waals surface area contributed by atoms with Gasteiger partial charge < -0.3 is 14.6 Å². The van der Waals surface area contributed by atoms with Crippen LogP contribution in [0.2, 0.25) is 0 Å². The summed E-state index contributed by atoms with van der Waals surface area (Å²) in [5.74, 6) is -0.372. The first kappa shape index (κ1) is 23.4. The van der Waals surface area contributed by atoms with Crippen molar-refractivity contribution in [1.29, 1.82) is 0 Å². The molecule has 1 rings (SSSR count). The van der Waals surface area contributed by atoms with E-state index in [2.05, 4.69) is 4.40 Å². The van der Waals surface area contributed by atoms with Gasteiger partial charge in [0.25, 0.3) is 0 Å². The smallest absolute Gasteiger partial charge is 0.407 e. The van der Waals surface area contributed by atoms with Crippen LogP contribution in [0.4, 0.5) is 9.18 Å². The lowest BCUT2D eigenvalue weighted by molar-refractivity contribution is 0.0922. The molecule has 0 fully saturated rings. The van der Waals surface area contributed by atoms with Gasteiger partial charge in [0.1, 0.15) is 27.6 Å². The average Bonchev–Trinajstić information content (AvgIpc) is 2.52. The number of hydrogen-bond acceptors (Lipinski definition) is 3. The Kier molecular flexibility index (Phi) is 7.87. The summed E-state index contributed by atoms with van der Waals surface area (Å²) < 4.78 is 29.6. The van der Waals surface area contributed by atoms with Gasteiger partial charge in [0, 0.05) is 24.6 Å². The summed E-state index contributed by atoms with van der Waals surface area (Å²) in [5, 5.41) is 9.61. The van der Waals surface area contributed by atoms with Crippen LogP contribution in [0.25, 0.3) is 0 Å². The lowest BCUT2D eigenvalue weighted by Gasteiger charge is -2.36. The normalized spacial score (nSPS) is 15.4. The number of halogens is 1. The number of rotatable bonds is 6. The molecule has 0 heterocycles. The second kappa shape index (κ2) is 9.06. The number of amides is 1. The maximum atomic E-state index is 13.3. The highest BCUT2D eigenvalue weighted by Gasteiger charge is 2.31. The Bertz CT molecular complexity index is 663. The van der Waals surface area contributed by atoms with Gasteiger partial charge >= 0.3 is 6.09 Å². The van der Waals surface area contributed by atoms with Crippen LogP contribution >= 0.6 is 0 Å². The topological polar surface area (TPSA) is 76.0 Å². The van der Waals surface area contributed by atoms with Crippen LogP contribution in [0.15, 0.2) is 28.7 Å². The van der Waals surface area contributed by atoms with Crippen LogP contribution in [-0.4, -0.2) is 43.7 Å². The summed E-state index contributed by atoms with van der Waals surface area (Å²) in [6.45, 7) is 13.5. The molecule has 5 nitrogen and oxygen atoms in total. The van der Waals surface area contributed by atoms with Crippen LogP contribution in [0.5, 0.6) is 0 Å². The first-order valence-corrected chi connectivity index (χ1v) is 10.1. The van der Waals surface area contributed by atoms with Gasteiger partial charge in [-0.3, -0.25) is 0 Å². The van der Waals surface area contributed by atoms with Gasteiger partial charge in [-0.25, -0.2) is 9.18 Å². The molecule has 0 saturated heterocycles. The van der Waals surface area contributed by atoms with Crippen molar-refractivity contribution in [2.24, 2.45) is 9.81 Å². The van der Waals surface area contributed by atoms with Crippen molar-refractivity contribution >= 4 is 23.2 Å². The molecule has 0 aliphatic heterocycles. The molecule has 2 atom stereocenters. The maximum Gasteiger partial charge on any atom is 0.407 e. The van der Waals surface area contributed by atoms with E-state index in [4.69, 9.17) is 0 Å². The molecule has 1 N–H and O–H groups in total. The maximum absolute atomic E-state index is 13.3. The zero-order chi connectivity index (χ0) is 21.0. The summed E-state index contributed by atoms with van der Waals surface area (Å²) in [7, 11) is 0. The van der Waals surface area contributed by atoms with Crippen LogP contribution in [0.1, 0.15) is 60.5 Å². The van der Waals surface area contributed by atoms with Gasteiger partial charge in [-0.1, -0.05) is 37.3 Å². The minimum atomic E-state index is -1.50. The number of benzene rings is 1. The van der Waals surface area contributed by atoms with Crippen molar-refractivity contribution in [1.82, 2.24) is 4.90 Å². The molecule has 1 aromatic rings. The van der Waals surface area contributed by atoms with Gasteiger partial charge in [0.2, 0.25) is 0 Å². The first-order chi connectivity index (χ1) is 12.2. The number of carboxylic acid groups (broad SMARTS) is 1. The second-order valence-corrected chi connectivity index (χ2v) is 10.6. The highest BCUT2D eigenvalue weighted by Crippen LogP contribution is 2.25. The van der Waals surface area contributed by atoms with Crippen molar-refractivity contribution in [2.75, 3.05) is 6.54 Å². The quantitative estimate of drug-likeness (QED) is 0.548. The van der Waals surface area contributed by atoms with E-state index >= 15 is 0 Å². The van der Waals surface area contributed by atoms with E-state index in [1.165, 1.54) is 17.0 Å². The van der Waals surface area contributed by atoms with E-state index in [-0.39, 0.29) is 23.8 Å². The molecular weight excluding hydrogens is 367 g/mol. The van der Waals surface area contributed by atoms with E-state index in [0.717, 1.165) is 0 Å². The minimum absolute atomic E-state index is 0.211. The third kappa shape index (κ3) is 7.14. The lowest BCUT2D eigenvalue weighted by atomic mass is 9.87. The van der Waals surface area contributed by atoms with Gasteiger partial charge in [-0.15, -0.1) is 0 Å². The largest absolute Gasteiger partial charge is 0.591 e. The molecule has 7 heteroatoms. The monoisotopic (exact) mass is 398 g/mol. The van der Waals surface area contributed by atoms with Gasteiger partial charge in [-0.2, -0.15) is 0 Å². The van der Waals surface area contributed by atoms with Crippen molar-refractivity contribution in [2.45, 2.75) is 65.7 Å². The van der Waals surface area contributed by atoms with E-state index in [9.17, 15) is 18.8 Å². The van der Waals surface area contributed by atoms with Gasteiger partial charge in [0.05, 0.1) is 0 Å². The van der Waals surface area contributed by atoms with Crippen molar-refractivity contribution in [3.63, 3.8) is 0 Å². The van der Waals surface area contributed by atoms with Crippen LogP contribution in [0.3, 0.4) is 0 Å². The van der Waals surface area contributed by atoms with E-state index < -0.39 is 22.2 Å². The Labute approximate surface area is 165 Å². The molecule has 0 spiro atoms. The minimum Gasteiger partial charge on any atom is -0.591 e. The van der Waals surface area contributed by atoms with Gasteiger partial charge in [-0.05, 0) is 45.2 Å². The molecular formula is C20H31FN2O3S. The third-order valence-electron chi connectivity index (χ3n) is 4.45. The molecule has 0 aliphatic rings. The molecule has 27 heavy (non-hydrogen) atoms. The molecule has 0 aliphatic carbocycles. The fraction of sp³-hybridized carbons (Fsp3) is 0.600. The molecule has 152 valence electrons. The first-order valence-electron chi connectivity index (χ1n) is 8.98. The Balaban J connectivity index is 3.15. The highest BCUT2D eigenvalue weighted by atomic mass is 32.2. The lowest BCUT2D eigenvalue weighted by Crippen LogP contribution is -2.46. The molecule has 1 unspecified atom stereocenters. The van der Waals surface area contributed by atoms with Crippen LogP contribution in [0, 0.1) is 11.2 Å². The Morgan fingerprint density at radius 3 is 2.15 bits per heavy atom. The Hall–Kier alpha value is -1.60. The van der Waals surface area contributed by atoms with E-state index in [1.54, 1.807) is 12.1 Å². The summed E-state index contributed by atoms with van der Waals surface area (Å²) in [4.78, 5) is 13.1. The molecule has 0 bridgehead atoms. The fourth-order valence-corrected chi connectivity index (χ4v) is 2.94. The predicted molar refractivity (Wildman–Crippen MR) is 109 cm³/mol. The standard InChI is InChI=1S/C20H31FN2O3S/c1-14(19(2,3)4)23(18(24)25)13-12-17(22-27(26)20(5,6)7)15-8-10-16(21)11-9-15/h8-11,14H,12-13H2,1-7H3,(H,24,25)/t14-,27?/m0/s1. The zero-order valence-electron chi connectivity index (χ0n) is 17.2. The molecule has 0 aromatic heterocycles. The Morgan fingerprint density at radius 2 is 1.74 bits per heavy atom. The number of carbonyl (C=O) groups is 1. The summed E-state index contributed by atoms with van der Waals surface area (Å²) >= 11 is -1.50. The van der Waals surface area contributed by atoms with Crippen LogP contribution in [-0.2, 0) is 11.4 Å². The summed E-state index contributed by atoms with van der Waals surface area (Å²) in [6.07, 6.45) is -0.715. The number of hydrogen-bond donors (Lipinski definition) is 1. The van der Waals surface area contributed by atoms with Crippen molar-refractivity contribution in [3.8, 4) is 0 Å². The predicted octanol–water partition coefficient (Wildman–Crippen LogP) is 4.88. The van der Waals surface area contributed by atoms with Crippen molar-refractivity contribution < 1.29 is 18.8 Å². The fourth-order valence-electron chi connectivity index (χ4n) is 2.27. The summed E-state index contributed by atoms with van der Waals surface area (Å²) in [5.41, 5.74) is 0.929. The molecule has 1 amide bonds. The van der Waals surface area contributed by atoms with Gasteiger partial charge in [0.15, 0.2) is 0 Å². The third-order valence-corrected chi connectivity index (χ3v) is 5.88. The zero-order valence-corrected chi connectivity index (χ0v) is 18.1. The average molecular weight is 399 g/mol. The second-order valence-electron chi connectivity index (χ2n) is 8.67. The number of nitrogens with zero attached hydrogens (tertiary/aromatic N) is 2. The molecule has 1 aromatic carbocycles. The molecule has 0 radical (unpaired) electrons. The Morgan fingerprint density at radius 1 is 1.22 bits per heavy atom. The SMILES string of the molecule is C[C@H](N(CCC(=N[S+]([O-])C(C)(C)C)c1ccc(F)cc1)C(=O)O)C(C)(C)C. The highest BCUT2D eigenvalue weighted by molar-refractivity contribution is 7.91. The van der Waals surface area contributed by atoms with E-state index in [1.807, 2.05) is 48.5 Å².